The number of anilines is 1. The Morgan fingerprint density at radius 1 is 1.00 bits per heavy atom. The van der Waals surface area contributed by atoms with Crippen LogP contribution >= 0.6 is 23.2 Å². The zero-order chi connectivity index (χ0) is 20.1. The predicted octanol–water partition coefficient (Wildman–Crippen LogP) is 3.40. The Bertz CT molecular complexity index is 850. The summed E-state index contributed by atoms with van der Waals surface area (Å²) >= 11 is 11.9. The number of amides is 2. The number of piperazine rings is 1. The van der Waals surface area contributed by atoms with Gasteiger partial charge >= 0.3 is 0 Å². The number of ether oxygens (including phenoxy) is 1. The summed E-state index contributed by atoms with van der Waals surface area (Å²) in [6.07, 6.45) is 0. The highest BCUT2D eigenvalue weighted by Gasteiger charge is 2.23. The molecule has 0 bridgehead atoms. The van der Waals surface area contributed by atoms with Gasteiger partial charge in [0.1, 0.15) is 5.75 Å². The van der Waals surface area contributed by atoms with E-state index in [-0.39, 0.29) is 18.4 Å². The number of benzene rings is 2. The van der Waals surface area contributed by atoms with E-state index in [9.17, 15) is 9.59 Å². The molecule has 1 saturated heterocycles. The Morgan fingerprint density at radius 2 is 1.64 bits per heavy atom. The van der Waals surface area contributed by atoms with Crippen molar-refractivity contribution in [3.8, 4) is 5.75 Å². The van der Waals surface area contributed by atoms with Gasteiger partial charge in [0.15, 0.2) is 0 Å². The molecule has 28 heavy (non-hydrogen) atoms. The van der Waals surface area contributed by atoms with Crippen LogP contribution in [0.1, 0.15) is 10.4 Å². The molecule has 1 heterocycles. The van der Waals surface area contributed by atoms with Crippen molar-refractivity contribution in [1.82, 2.24) is 9.80 Å². The first-order chi connectivity index (χ1) is 13.5. The van der Waals surface area contributed by atoms with E-state index < -0.39 is 0 Å². The number of nitrogens with one attached hydrogen (secondary N) is 1. The van der Waals surface area contributed by atoms with Crippen molar-refractivity contribution in [2.24, 2.45) is 0 Å². The predicted molar refractivity (Wildman–Crippen MR) is 110 cm³/mol. The Labute approximate surface area is 174 Å². The van der Waals surface area contributed by atoms with Crippen molar-refractivity contribution in [3.63, 3.8) is 0 Å². The van der Waals surface area contributed by atoms with Gasteiger partial charge < -0.3 is 15.0 Å². The van der Waals surface area contributed by atoms with E-state index >= 15 is 0 Å². The topological polar surface area (TPSA) is 61.9 Å². The molecule has 1 aliphatic rings. The zero-order valence-corrected chi connectivity index (χ0v) is 17.0. The van der Waals surface area contributed by atoms with E-state index in [1.54, 1.807) is 47.4 Å². The number of methoxy groups -OCH3 is 1. The smallest absolute Gasteiger partial charge is 0.253 e. The first-order valence-corrected chi connectivity index (χ1v) is 9.62. The highest BCUT2D eigenvalue weighted by Crippen LogP contribution is 2.27. The molecule has 0 saturated carbocycles. The number of hydrogen-bond donors (Lipinski definition) is 1. The molecule has 1 N–H and O–H groups in total. The second-order valence-electron chi connectivity index (χ2n) is 6.47. The zero-order valence-electron chi connectivity index (χ0n) is 15.5. The van der Waals surface area contributed by atoms with Gasteiger partial charge in [-0.25, -0.2) is 0 Å². The average molecular weight is 422 g/mol. The Kier molecular flexibility index (Phi) is 6.78. The molecule has 148 valence electrons. The summed E-state index contributed by atoms with van der Waals surface area (Å²) < 4.78 is 5.24. The van der Waals surface area contributed by atoms with Crippen LogP contribution in [-0.4, -0.2) is 61.4 Å². The van der Waals surface area contributed by atoms with Crippen LogP contribution in [0.25, 0.3) is 0 Å². The van der Waals surface area contributed by atoms with Gasteiger partial charge in [-0.15, -0.1) is 0 Å². The lowest BCUT2D eigenvalue weighted by molar-refractivity contribution is -0.117. The molecule has 1 aliphatic heterocycles. The van der Waals surface area contributed by atoms with Gasteiger partial charge in [-0.1, -0.05) is 23.2 Å². The molecule has 2 aromatic carbocycles. The minimum atomic E-state index is -0.155. The van der Waals surface area contributed by atoms with Gasteiger partial charge in [-0.3, -0.25) is 14.5 Å². The van der Waals surface area contributed by atoms with Gasteiger partial charge in [0.05, 0.1) is 19.3 Å². The van der Waals surface area contributed by atoms with E-state index in [0.29, 0.717) is 53.2 Å². The molecule has 0 atom stereocenters. The maximum atomic E-state index is 12.5. The summed E-state index contributed by atoms with van der Waals surface area (Å²) in [7, 11) is 1.54. The van der Waals surface area contributed by atoms with Gasteiger partial charge in [0, 0.05) is 41.8 Å². The molecular formula is C20H21Cl2N3O3. The Balaban J connectivity index is 1.51. The summed E-state index contributed by atoms with van der Waals surface area (Å²) in [6, 6.07) is 11.9. The van der Waals surface area contributed by atoms with E-state index in [4.69, 9.17) is 27.9 Å². The molecule has 3 rings (SSSR count). The molecule has 0 aromatic heterocycles. The van der Waals surface area contributed by atoms with Crippen LogP contribution in [0.2, 0.25) is 10.0 Å². The highest BCUT2D eigenvalue weighted by atomic mass is 35.5. The third-order valence-corrected chi connectivity index (χ3v) is 5.04. The van der Waals surface area contributed by atoms with Crippen molar-refractivity contribution in [2.75, 3.05) is 45.2 Å². The monoisotopic (exact) mass is 421 g/mol. The SMILES string of the molecule is COc1ccc(Cl)cc1NC(=O)CN1CCN(C(=O)c2ccc(Cl)cc2)CC1. The fourth-order valence-corrected chi connectivity index (χ4v) is 3.35. The van der Waals surface area contributed by atoms with Crippen LogP contribution in [-0.2, 0) is 4.79 Å². The number of nitrogens with zero attached hydrogens (tertiary/aromatic N) is 2. The molecule has 2 aromatic rings. The van der Waals surface area contributed by atoms with E-state index in [1.807, 2.05) is 4.90 Å². The molecular weight excluding hydrogens is 401 g/mol. The third-order valence-electron chi connectivity index (χ3n) is 4.55. The lowest BCUT2D eigenvalue weighted by Gasteiger charge is -2.34. The van der Waals surface area contributed by atoms with Crippen molar-refractivity contribution >= 4 is 40.7 Å². The van der Waals surface area contributed by atoms with Crippen LogP contribution in [0.15, 0.2) is 42.5 Å². The number of rotatable bonds is 5. The van der Waals surface area contributed by atoms with Crippen molar-refractivity contribution in [2.45, 2.75) is 0 Å². The number of hydrogen-bond acceptors (Lipinski definition) is 4. The van der Waals surface area contributed by atoms with Crippen molar-refractivity contribution in [3.05, 3.63) is 58.1 Å². The van der Waals surface area contributed by atoms with Crippen molar-refractivity contribution < 1.29 is 14.3 Å². The summed E-state index contributed by atoms with van der Waals surface area (Å²) in [6.45, 7) is 2.61. The van der Waals surface area contributed by atoms with Crippen LogP contribution in [0.5, 0.6) is 5.75 Å². The van der Waals surface area contributed by atoms with Crippen LogP contribution in [0.3, 0.4) is 0 Å². The van der Waals surface area contributed by atoms with E-state index in [2.05, 4.69) is 5.32 Å². The highest BCUT2D eigenvalue weighted by molar-refractivity contribution is 6.31. The first kappa shape index (κ1) is 20.5. The molecule has 0 spiro atoms. The fraction of sp³-hybridized carbons (Fsp3) is 0.300. The minimum Gasteiger partial charge on any atom is -0.495 e. The Hall–Kier alpha value is -2.28. The minimum absolute atomic E-state index is 0.0237. The second-order valence-corrected chi connectivity index (χ2v) is 7.34. The molecule has 1 fully saturated rings. The summed E-state index contributed by atoms with van der Waals surface area (Å²) in [5, 5.41) is 3.95. The third kappa shape index (κ3) is 5.16. The standard InChI is InChI=1S/C20H21Cl2N3O3/c1-28-18-7-6-16(22)12-17(18)23-19(26)13-24-8-10-25(11-9-24)20(27)14-2-4-15(21)5-3-14/h2-7,12H,8-11,13H2,1H3,(H,23,26). The van der Waals surface area contributed by atoms with Crippen molar-refractivity contribution in [1.29, 1.82) is 0 Å². The second kappa shape index (κ2) is 9.28. The largest absolute Gasteiger partial charge is 0.495 e. The van der Waals surface area contributed by atoms with E-state index in [0.717, 1.165) is 0 Å². The molecule has 0 radical (unpaired) electrons. The average Bonchev–Trinajstić information content (AvgIpc) is 2.69. The molecule has 8 heteroatoms. The summed E-state index contributed by atoms with van der Waals surface area (Å²) in [5.41, 5.74) is 1.15. The normalized spacial score (nSPS) is 14.6. The van der Waals surface area contributed by atoms with E-state index in [1.165, 1.54) is 7.11 Å². The molecule has 2 amide bonds. The van der Waals surface area contributed by atoms with Gasteiger partial charge in [0.2, 0.25) is 5.91 Å². The fourth-order valence-electron chi connectivity index (χ4n) is 3.05. The maximum Gasteiger partial charge on any atom is 0.253 e. The number of carbonyl (C=O) groups excluding carboxylic acids is 2. The summed E-state index contributed by atoms with van der Waals surface area (Å²) in [4.78, 5) is 28.7. The van der Waals surface area contributed by atoms with Gasteiger partial charge in [-0.2, -0.15) is 0 Å². The maximum absolute atomic E-state index is 12.5. The Morgan fingerprint density at radius 3 is 2.29 bits per heavy atom. The molecule has 6 nitrogen and oxygen atoms in total. The van der Waals surface area contributed by atoms with Gasteiger partial charge in [0.25, 0.3) is 5.91 Å². The van der Waals surface area contributed by atoms with Crippen LogP contribution in [0, 0.1) is 0 Å². The molecule has 0 aliphatic carbocycles. The lowest BCUT2D eigenvalue weighted by atomic mass is 10.2. The number of carbonyl (C=O) groups is 2. The summed E-state index contributed by atoms with van der Waals surface area (Å²) in [5.74, 6) is 0.374. The van der Waals surface area contributed by atoms with Crippen LogP contribution in [0.4, 0.5) is 5.69 Å². The van der Waals surface area contributed by atoms with Crippen LogP contribution < -0.4 is 10.1 Å². The molecule has 0 unspecified atom stereocenters. The van der Waals surface area contributed by atoms with Gasteiger partial charge in [-0.05, 0) is 42.5 Å². The lowest BCUT2D eigenvalue weighted by Crippen LogP contribution is -2.50. The number of halogens is 2. The first-order valence-electron chi connectivity index (χ1n) is 8.87. The quantitative estimate of drug-likeness (QED) is 0.803.